The average Bonchev–Trinajstić information content (AvgIpc) is 3.35. The number of nitrogens with one attached hydrogen (secondary N) is 1. The van der Waals surface area contributed by atoms with E-state index in [1.165, 1.54) is 4.52 Å². The van der Waals surface area contributed by atoms with Gasteiger partial charge in [0.15, 0.2) is 0 Å². The quantitative estimate of drug-likeness (QED) is 0.197. The predicted molar refractivity (Wildman–Crippen MR) is 169 cm³/mol. The van der Waals surface area contributed by atoms with Gasteiger partial charge in [0, 0.05) is 24.3 Å². The predicted octanol–water partition coefficient (Wildman–Crippen LogP) is 6.63. The molecule has 0 saturated heterocycles. The van der Waals surface area contributed by atoms with Gasteiger partial charge in [-0.15, -0.1) is 0 Å². The fourth-order valence-electron chi connectivity index (χ4n) is 5.35. The number of aryl methyl sites for hydroxylation is 1. The molecular weight excluding hydrogens is 599 g/mol. The molecular formula is C34H40F3N5O4. The number of carbonyl (C=O) groups is 2. The van der Waals surface area contributed by atoms with E-state index in [1.807, 2.05) is 50.2 Å². The largest absolute Gasteiger partial charge is 0.444 e. The highest BCUT2D eigenvalue weighted by molar-refractivity contribution is 5.94. The third-order valence-corrected chi connectivity index (χ3v) is 7.30. The zero-order valence-corrected chi connectivity index (χ0v) is 26.9. The van der Waals surface area contributed by atoms with Crippen molar-refractivity contribution in [3.8, 4) is 0 Å². The third kappa shape index (κ3) is 8.35. The second-order valence-electron chi connectivity index (χ2n) is 12.6. The van der Waals surface area contributed by atoms with Crippen molar-refractivity contribution in [1.82, 2.24) is 24.4 Å². The summed E-state index contributed by atoms with van der Waals surface area (Å²) in [5, 5.41) is 7.07. The zero-order valence-electron chi connectivity index (χ0n) is 26.9. The minimum Gasteiger partial charge on any atom is -0.444 e. The minimum atomic E-state index is -4.55. The van der Waals surface area contributed by atoms with E-state index in [0.29, 0.717) is 23.3 Å². The molecule has 0 radical (unpaired) electrons. The number of nitrogens with zero attached hydrogens (tertiary/aromatic N) is 4. The SMILES string of the molecule is Cc1cc2cc(C(C(C)C)N(CCCNC(=O)OC(C)(C)C)C(=O)c3ccc(C(F)(F)F)cc3)n(Cc3ccccc3)c(=O)n2n1. The van der Waals surface area contributed by atoms with E-state index in [0.717, 1.165) is 29.8 Å². The van der Waals surface area contributed by atoms with E-state index in [2.05, 4.69) is 10.4 Å². The minimum absolute atomic E-state index is 0.0667. The Morgan fingerprint density at radius 2 is 1.65 bits per heavy atom. The first-order valence-corrected chi connectivity index (χ1v) is 15.1. The molecule has 2 heterocycles. The number of ether oxygens (including phenoxy) is 1. The number of amides is 2. The average molecular weight is 640 g/mol. The lowest BCUT2D eigenvalue weighted by atomic mass is 9.96. The van der Waals surface area contributed by atoms with Gasteiger partial charge < -0.3 is 15.0 Å². The molecule has 2 aromatic heterocycles. The maximum absolute atomic E-state index is 14.2. The van der Waals surface area contributed by atoms with Crippen LogP contribution in [-0.2, 0) is 17.5 Å². The molecule has 0 aliphatic heterocycles. The van der Waals surface area contributed by atoms with Gasteiger partial charge in [-0.25, -0.2) is 9.59 Å². The van der Waals surface area contributed by atoms with E-state index in [9.17, 15) is 27.6 Å². The molecule has 1 unspecified atom stereocenters. The van der Waals surface area contributed by atoms with E-state index in [1.54, 1.807) is 43.2 Å². The molecule has 4 rings (SSSR count). The topological polar surface area (TPSA) is 97.9 Å². The maximum Gasteiger partial charge on any atom is 0.416 e. The number of aromatic nitrogens is 3. The van der Waals surface area contributed by atoms with Crippen molar-refractivity contribution in [2.75, 3.05) is 13.1 Å². The highest BCUT2D eigenvalue weighted by Crippen LogP contribution is 2.33. The number of alkyl halides is 3. The van der Waals surface area contributed by atoms with Crippen molar-refractivity contribution in [2.24, 2.45) is 5.92 Å². The molecule has 12 heteroatoms. The van der Waals surface area contributed by atoms with Gasteiger partial charge in [-0.3, -0.25) is 9.36 Å². The van der Waals surface area contributed by atoms with Crippen molar-refractivity contribution in [1.29, 1.82) is 0 Å². The highest BCUT2D eigenvalue weighted by atomic mass is 19.4. The Morgan fingerprint density at radius 3 is 2.24 bits per heavy atom. The van der Waals surface area contributed by atoms with Crippen LogP contribution in [0.15, 0.2) is 71.5 Å². The normalized spacial score (nSPS) is 12.7. The monoisotopic (exact) mass is 639 g/mol. The Morgan fingerprint density at radius 1 is 1.00 bits per heavy atom. The van der Waals surface area contributed by atoms with Crippen LogP contribution in [0.5, 0.6) is 0 Å². The molecule has 4 aromatic rings. The molecule has 0 aliphatic carbocycles. The van der Waals surface area contributed by atoms with Crippen molar-refractivity contribution in [3.63, 3.8) is 0 Å². The van der Waals surface area contributed by atoms with Crippen LogP contribution >= 0.6 is 0 Å². The number of carbonyl (C=O) groups excluding carboxylic acids is 2. The second-order valence-corrected chi connectivity index (χ2v) is 12.6. The van der Waals surface area contributed by atoms with Gasteiger partial charge in [0.1, 0.15) is 5.60 Å². The molecule has 1 N–H and O–H groups in total. The first kappa shape index (κ1) is 34.3. The summed E-state index contributed by atoms with van der Waals surface area (Å²) in [5.74, 6) is -0.738. The Labute approximate surface area is 266 Å². The Kier molecular flexibility index (Phi) is 10.3. The Bertz CT molecular complexity index is 1720. The first-order chi connectivity index (χ1) is 21.5. The maximum atomic E-state index is 14.2. The molecule has 2 aromatic carbocycles. The van der Waals surface area contributed by atoms with Crippen LogP contribution in [0.2, 0.25) is 0 Å². The molecule has 0 spiro atoms. The lowest BCUT2D eigenvalue weighted by Crippen LogP contribution is -2.43. The van der Waals surface area contributed by atoms with Crippen LogP contribution < -0.4 is 11.0 Å². The van der Waals surface area contributed by atoms with Gasteiger partial charge in [0.25, 0.3) is 5.91 Å². The van der Waals surface area contributed by atoms with Crippen molar-refractivity contribution >= 4 is 17.5 Å². The van der Waals surface area contributed by atoms with Crippen LogP contribution in [0.1, 0.15) is 80.0 Å². The van der Waals surface area contributed by atoms with Crippen molar-refractivity contribution in [2.45, 2.75) is 72.3 Å². The van der Waals surface area contributed by atoms with Crippen LogP contribution in [0.4, 0.5) is 18.0 Å². The van der Waals surface area contributed by atoms with Crippen LogP contribution in [0.3, 0.4) is 0 Å². The molecule has 0 aliphatic rings. The fourth-order valence-corrected chi connectivity index (χ4v) is 5.35. The zero-order chi connectivity index (χ0) is 33.8. The molecule has 0 saturated carbocycles. The number of hydrogen-bond donors (Lipinski definition) is 1. The molecule has 2 amide bonds. The fraction of sp³-hybridized carbons (Fsp3) is 0.412. The van der Waals surface area contributed by atoms with E-state index >= 15 is 0 Å². The smallest absolute Gasteiger partial charge is 0.416 e. The van der Waals surface area contributed by atoms with Crippen molar-refractivity contribution in [3.05, 3.63) is 105 Å². The number of halogens is 3. The number of fused-ring (bicyclic) bond motifs is 1. The Balaban J connectivity index is 1.79. The summed E-state index contributed by atoms with van der Waals surface area (Å²) in [6, 6.07) is 16.4. The highest BCUT2D eigenvalue weighted by Gasteiger charge is 2.34. The summed E-state index contributed by atoms with van der Waals surface area (Å²) in [4.78, 5) is 42.0. The van der Waals surface area contributed by atoms with Crippen molar-refractivity contribution < 1.29 is 27.5 Å². The van der Waals surface area contributed by atoms with E-state index in [-0.39, 0.29) is 36.8 Å². The molecule has 0 fully saturated rings. The second kappa shape index (κ2) is 13.8. The van der Waals surface area contributed by atoms with E-state index < -0.39 is 35.4 Å². The molecule has 46 heavy (non-hydrogen) atoms. The molecule has 246 valence electrons. The van der Waals surface area contributed by atoms with E-state index in [4.69, 9.17) is 4.74 Å². The summed E-state index contributed by atoms with van der Waals surface area (Å²) < 4.78 is 48.2. The van der Waals surface area contributed by atoms with Crippen LogP contribution in [-0.4, -0.2) is 49.8 Å². The van der Waals surface area contributed by atoms with Gasteiger partial charge in [-0.2, -0.15) is 22.8 Å². The summed E-state index contributed by atoms with van der Waals surface area (Å²) in [6.45, 7) is 11.4. The van der Waals surface area contributed by atoms with Gasteiger partial charge >= 0.3 is 18.0 Å². The number of rotatable bonds is 10. The summed E-state index contributed by atoms with van der Waals surface area (Å²) in [6.07, 6.45) is -4.85. The molecule has 9 nitrogen and oxygen atoms in total. The number of hydrogen-bond acceptors (Lipinski definition) is 5. The lowest BCUT2D eigenvalue weighted by molar-refractivity contribution is -0.137. The standard InChI is InChI=1S/C34H40F3N5O4/c1-22(2)29(28-20-27-19-23(3)39-42(27)32(45)41(28)21-24-11-8-7-9-12-24)40(18-10-17-38-31(44)46-33(4,5)6)30(43)25-13-15-26(16-14-25)34(35,36)37/h7-9,11-16,19-20,22,29H,10,17-18,21H2,1-6H3,(H,38,44). The number of alkyl carbamates (subject to hydrolysis) is 1. The summed E-state index contributed by atoms with van der Waals surface area (Å²) >= 11 is 0. The van der Waals surface area contributed by atoms with Gasteiger partial charge in [0.2, 0.25) is 0 Å². The Hall–Kier alpha value is -4.61. The summed E-state index contributed by atoms with van der Waals surface area (Å²) in [7, 11) is 0. The molecule has 0 bridgehead atoms. The van der Waals surface area contributed by atoms with Gasteiger partial charge in [-0.1, -0.05) is 44.2 Å². The third-order valence-electron chi connectivity index (χ3n) is 7.30. The van der Waals surface area contributed by atoms with Gasteiger partial charge in [-0.05, 0) is 82.0 Å². The molecule has 1 atom stereocenters. The lowest BCUT2D eigenvalue weighted by Gasteiger charge is -2.36. The first-order valence-electron chi connectivity index (χ1n) is 15.1. The number of benzene rings is 2. The van der Waals surface area contributed by atoms with Crippen LogP contribution in [0.25, 0.3) is 5.52 Å². The van der Waals surface area contributed by atoms with Crippen LogP contribution in [0, 0.1) is 12.8 Å². The summed E-state index contributed by atoms with van der Waals surface area (Å²) in [5.41, 5.74) is 0.741. The van der Waals surface area contributed by atoms with Gasteiger partial charge in [0.05, 0.1) is 29.4 Å².